The zero-order valence-corrected chi connectivity index (χ0v) is 15.2. The van der Waals surface area contributed by atoms with E-state index in [-0.39, 0.29) is 11.8 Å². The van der Waals surface area contributed by atoms with E-state index in [0.29, 0.717) is 23.1 Å². The molecule has 2 heterocycles. The van der Waals surface area contributed by atoms with Crippen LogP contribution >= 0.6 is 0 Å². The van der Waals surface area contributed by atoms with Gasteiger partial charge in [-0.05, 0) is 43.2 Å². The van der Waals surface area contributed by atoms with Gasteiger partial charge in [-0.15, -0.1) is 0 Å². The zero-order chi connectivity index (χ0) is 17.6. The minimum Gasteiger partial charge on any atom is -0.366 e. The van der Waals surface area contributed by atoms with Crippen LogP contribution in [0, 0.1) is 25.7 Å². The van der Waals surface area contributed by atoms with Crippen LogP contribution < -0.4 is 0 Å². The molecule has 1 aromatic carbocycles. The lowest BCUT2D eigenvalue weighted by Gasteiger charge is -2.37. The van der Waals surface area contributed by atoms with E-state index in [1.807, 2.05) is 26.0 Å². The second-order valence-electron chi connectivity index (χ2n) is 7.56. The van der Waals surface area contributed by atoms with Gasteiger partial charge in [-0.2, -0.15) is 0 Å². The smallest absolute Gasteiger partial charge is 0.277 e. The van der Waals surface area contributed by atoms with Gasteiger partial charge in [0.1, 0.15) is 5.70 Å². The third-order valence-corrected chi connectivity index (χ3v) is 5.10. The molecule has 0 saturated carbocycles. The van der Waals surface area contributed by atoms with Crippen LogP contribution in [0.25, 0.3) is 5.57 Å². The SMILES string of the molecule is Cc1ccc(C2=C(N3CC(C)CC(C)C3)C(=O)N(C)C2=O)c(C)c1. The van der Waals surface area contributed by atoms with Gasteiger partial charge in [0.2, 0.25) is 0 Å². The molecule has 1 fully saturated rings. The van der Waals surface area contributed by atoms with Crippen molar-refractivity contribution in [2.75, 3.05) is 20.1 Å². The Bertz CT molecular complexity index is 725. The van der Waals surface area contributed by atoms with Crippen molar-refractivity contribution < 1.29 is 9.59 Å². The van der Waals surface area contributed by atoms with E-state index >= 15 is 0 Å². The Morgan fingerprint density at radius 1 is 1.00 bits per heavy atom. The van der Waals surface area contributed by atoms with Crippen molar-refractivity contribution in [3.8, 4) is 0 Å². The van der Waals surface area contributed by atoms with Crippen LogP contribution in [0.3, 0.4) is 0 Å². The fourth-order valence-electron chi connectivity index (χ4n) is 4.10. The molecule has 0 radical (unpaired) electrons. The summed E-state index contributed by atoms with van der Waals surface area (Å²) < 4.78 is 0. The van der Waals surface area contributed by atoms with Crippen molar-refractivity contribution in [3.05, 3.63) is 40.6 Å². The van der Waals surface area contributed by atoms with Crippen LogP contribution in [0.2, 0.25) is 0 Å². The highest BCUT2D eigenvalue weighted by molar-refractivity contribution is 6.35. The first-order chi connectivity index (χ1) is 11.3. The number of benzene rings is 1. The normalized spacial score (nSPS) is 25.0. The molecule has 2 atom stereocenters. The van der Waals surface area contributed by atoms with Crippen molar-refractivity contribution in [2.45, 2.75) is 34.1 Å². The van der Waals surface area contributed by atoms with Crippen LogP contribution in [0.5, 0.6) is 0 Å². The largest absolute Gasteiger partial charge is 0.366 e. The molecular weight excluding hydrogens is 300 g/mol. The van der Waals surface area contributed by atoms with E-state index < -0.39 is 0 Å². The number of rotatable bonds is 2. The summed E-state index contributed by atoms with van der Waals surface area (Å²) in [7, 11) is 1.58. The van der Waals surface area contributed by atoms with Crippen LogP contribution in [-0.4, -0.2) is 41.8 Å². The minimum atomic E-state index is -0.187. The molecule has 2 amide bonds. The third-order valence-electron chi connectivity index (χ3n) is 5.10. The van der Waals surface area contributed by atoms with E-state index in [0.717, 1.165) is 29.8 Å². The van der Waals surface area contributed by atoms with E-state index in [2.05, 4.69) is 24.8 Å². The van der Waals surface area contributed by atoms with E-state index in [1.54, 1.807) is 7.05 Å². The topological polar surface area (TPSA) is 40.6 Å². The number of likely N-dealkylation sites (tertiary alicyclic amines) is 1. The molecule has 0 aliphatic carbocycles. The summed E-state index contributed by atoms with van der Waals surface area (Å²) in [4.78, 5) is 29.0. The Kier molecular flexibility index (Phi) is 4.24. The molecule has 2 unspecified atom stereocenters. The summed E-state index contributed by atoms with van der Waals surface area (Å²) in [6, 6.07) is 6.04. The maximum atomic E-state index is 12.8. The van der Waals surface area contributed by atoms with Crippen LogP contribution in [0.15, 0.2) is 23.9 Å². The lowest BCUT2D eigenvalue weighted by molar-refractivity contribution is -0.136. The first kappa shape index (κ1) is 16.7. The van der Waals surface area contributed by atoms with E-state index in [1.165, 1.54) is 11.3 Å². The Labute approximate surface area is 144 Å². The number of hydrogen-bond donors (Lipinski definition) is 0. The van der Waals surface area contributed by atoms with Crippen molar-refractivity contribution in [3.63, 3.8) is 0 Å². The zero-order valence-electron chi connectivity index (χ0n) is 15.2. The molecule has 0 spiro atoms. The molecule has 3 rings (SSSR count). The Balaban J connectivity index is 2.14. The molecule has 1 saturated heterocycles. The number of imide groups is 1. The highest BCUT2D eigenvalue weighted by Gasteiger charge is 2.41. The molecule has 1 aromatic rings. The van der Waals surface area contributed by atoms with Crippen molar-refractivity contribution in [1.29, 1.82) is 0 Å². The molecule has 128 valence electrons. The standard InChI is InChI=1S/C20H26N2O2/c1-12-6-7-16(15(4)9-12)17-18(20(24)21(5)19(17)23)22-10-13(2)8-14(3)11-22/h6-7,9,13-14H,8,10-11H2,1-5H3. The highest BCUT2D eigenvalue weighted by Crippen LogP contribution is 2.35. The summed E-state index contributed by atoms with van der Waals surface area (Å²) in [5.41, 5.74) is 4.24. The van der Waals surface area contributed by atoms with Gasteiger partial charge in [-0.3, -0.25) is 14.5 Å². The van der Waals surface area contributed by atoms with Crippen molar-refractivity contribution >= 4 is 17.4 Å². The number of amides is 2. The molecule has 24 heavy (non-hydrogen) atoms. The number of carbonyl (C=O) groups is 2. The molecule has 4 heteroatoms. The second-order valence-corrected chi connectivity index (χ2v) is 7.56. The van der Waals surface area contributed by atoms with Crippen LogP contribution in [0.4, 0.5) is 0 Å². The quantitative estimate of drug-likeness (QED) is 0.785. The van der Waals surface area contributed by atoms with Crippen molar-refractivity contribution in [1.82, 2.24) is 9.80 Å². The van der Waals surface area contributed by atoms with Gasteiger partial charge >= 0.3 is 0 Å². The molecule has 2 aliphatic rings. The van der Waals surface area contributed by atoms with Gasteiger partial charge in [-0.25, -0.2) is 0 Å². The summed E-state index contributed by atoms with van der Waals surface area (Å²) in [6.07, 6.45) is 1.17. The number of likely N-dealkylation sites (N-methyl/N-ethyl adjacent to an activating group) is 1. The lowest BCUT2D eigenvalue weighted by Crippen LogP contribution is -2.41. The Morgan fingerprint density at radius 2 is 1.62 bits per heavy atom. The van der Waals surface area contributed by atoms with E-state index in [4.69, 9.17) is 0 Å². The summed E-state index contributed by atoms with van der Waals surface area (Å²) in [5, 5.41) is 0. The third kappa shape index (κ3) is 2.74. The molecule has 0 bridgehead atoms. The average Bonchev–Trinajstić information content (AvgIpc) is 2.71. The van der Waals surface area contributed by atoms with Gasteiger partial charge in [0, 0.05) is 20.1 Å². The lowest BCUT2D eigenvalue weighted by atomic mass is 9.90. The number of nitrogens with zero attached hydrogens (tertiary/aromatic N) is 2. The maximum absolute atomic E-state index is 12.8. The van der Waals surface area contributed by atoms with Crippen molar-refractivity contribution in [2.24, 2.45) is 11.8 Å². The minimum absolute atomic E-state index is 0.170. The number of piperidine rings is 1. The molecule has 2 aliphatic heterocycles. The van der Waals surface area contributed by atoms with Gasteiger partial charge in [-0.1, -0.05) is 37.6 Å². The summed E-state index contributed by atoms with van der Waals surface area (Å²) >= 11 is 0. The number of aryl methyl sites for hydroxylation is 2. The molecule has 4 nitrogen and oxygen atoms in total. The molecular formula is C20H26N2O2. The average molecular weight is 326 g/mol. The summed E-state index contributed by atoms with van der Waals surface area (Å²) in [5.74, 6) is 0.690. The van der Waals surface area contributed by atoms with Gasteiger partial charge < -0.3 is 4.90 Å². The second kappa shape index (κ2) is 6.08. The number of hydrogen-bond acceptors (Lipinski definition) is 3. The van der Waals surface area contributed by atoms with Crippen LogP contribution in [0.1, 0.15) is 37.0 Å². The predicted molar refractivity (Wildman–Crippen MR) is 95.1 cm³/mol. The van der Waals surface area contributed by atoms with Gasteiger partial charge in [0.15, 0.2) is 0 Å². The van der Waals surface area contributed by atoms with E-state index in [9.17, 15) is 9.59 Å². The fourth-order valence-corrected chi connectivity index (χ4v) is 4.10. The van der Waals surface area contributed by atoms with Gasteiger partial charge in [0.25, 0.3) is 11.8 Å². The van der Waals surface area contributed by atoms with Gasteiger partial charge in [0.05, 0.1) is 5.57 Å². The first-order valence-electron chi connectivity index (χ1n) is 8.68. The maximum Gasteiger partial charge on any atom is 0.277 e. The fraction of sp³-hybridized carbons (Fsp3) is 0.500. The monoisotopic (exact) mass is 326 g/mol. The molecule has 0 N–H and O–H groups in total. The molecule has 0 aromatic heterocycles. The summed E-state index contributed by atoms with van der Waals surface area (Å²) in [6.45, 7) is 10.1. The highest BCUT2D eigenvalue weighted by atomic mass is 16.2. The Morgan fingerprint density at radius 3 is 2.21 bits per heavy atom. The van der Waals surface area contributed by atoms with Crippen LogP contribution in [-0.2, 0) is 9.59 Å². The number of carbonyl (C=O) groups excluding carboxylic acids is 2. The Hall–Kier alpha value is -2.10. The first-order valence-corrected chi connectivity index (χ1v) is 8.68. The predicted octanol–water partition coefficient (Wildman–Crippen LogP) is 2.99.